The van der Waals surface area contributed by atoms with Crippen LogP contribution >= 0.6 is 11.6 Å². The van der Waals surface area contributed by atoms with Crippen LogP contribution in [-0.2, 0) is 22.9 Å². The highest BCUT2D eigenvalue weighted by atomic mass is 35.5. The van der Waals surface area contributed by atoms with Crippen LogP contribution in [0.5, 0.6) is 0 Å². The van der Waals surface area contributed by atoms with Crippen LogP contribution in [0, 0.1) is 20.8 Å². The normalized spacial score (nSPS) is 11.6. The zero-order valence-corrected chi connectivity index (χ0v) is 22.2. The maximum atomic E-state index is 12.4. The van der Waals surface area contributed by atoms with Gasteiger partial charge >= 0.3 is 6.03 Å². The van der Waals surface area contributed by atoms with E-state index in [9.17, 15) is 13.2 Å². The number of benzene rings is 2. The first-order valence-electron chi connectivity index (χ1n) is 11.6. The molecule has 0 aliphatic rings. The number of nitrogens with one attached hydrogen (secondary N) is 2. The molecule has 0 radical (unpaired) electrons. The standard InChI is InChI=1S/C26H28ClN5O3S/c1-5-23-30-24-17(3)14-18(4)29-25(24)32(23)22-11-8-19(15-21(22)27)12-13-28-26(33)31-36(34,35)20-9-6-16(2)7-10-20/h6-11,14-15H,5,12-13H2,1-4H3,(H2,28,31,33). The molecular formula is C26H28ClN5O3S. The molecule has 0 atom stereocenters. The van der Waals surface area contributed by atoms with Gasteiger partial charge in [0.15, 0.2) is 5.65 Å². The largest absolute Gasteiger partial charge is 0.337 e. The molecule has 10 heteroatoms. The third-order valence-corrected chi connectivity index (χ3v) is 7.48. The fourth-order valence-corrected chi connectivity index (χ4v) is 5.25. The first kappa shape index (κ1) is 25.7. The number of hydrogen-bond donors (Lipinski definition) is 2. The molecule has 2 aromatic carbocycles. The molecule has 0 saturated carbocycles. The van der Waals surface area contributed by atoms with Gasteiger partial charge in [0.1, 0.15) is 11.3 Å². The van der Waals surface area contributed by atoms with Gasteiger partial charge in [-0.15, -0.1) is 0 Å². The predicted octanol–water partition coefficient (Wildman–Crippen LogP) is 4.79. The molecule has 0 unspecified atom stereocenters. The third-order valence-electron chi connectivity index (χ3n) is 5.83. The van der Waals surface area contributed by atoms with Crippen LogP contribution in [0.4, 0.5) is 4.79 Å². The molecule has 188 valence electrons. The molecule has 0 bridgehead atoms. The van der Waals surface area contributed by atoms with Gasteiger partial charge in [0, 0.05) is 18.7 Å². The number of hydrogen-bond acceptors (Lipinski definition) is 5. The summed E-state index contributed by atoms with van der Waals surface area (Å²) in [6.07, 6.45) is 1.19. The van der Waals surface area contributed by atoms with Crippen molar-refractivity contribution in [3.63, 3.8) is 0 Å². The van der Waals surface area contributed by atoms with Crippen molar-refractivity contribution in [1.82, 2.24) is 24.6 Å². The monoisotopic (exact) mass is 525 g/mol. The lowest BCUT2D eigenvalue weighted by atomic mass is 10.1. The number of carbonyl (C=O) groups excluding carboxylic acids is 1. The Labute approximate surface area is 215 Å². The van der Waals surface area contributed by atoms with Crippen LogP contribution in [0.1, 0.15) is 35.1 Å². The minimum atomic E-state index is -3.94. The molecule has 0 saturated heterocycles. The van der Waals surface area contributed by atoms with E-state index in [1.807, 2.05) is 61.2 Å². The average molecular weight is 526 g/mol. The maximum absolute atomic E-state index is 12.4. The Hall–Kier alpha value is -3.43. The second-order valence-corrected chi connectivity index (χ2v) is 10.8. The molecule has 4 rings (SSSR count). The molecule has 0 aliphatic heterocycles. The second-order valence-electron chi connectivity index (χ2n) is 8.68. The summed E-state index contributed by atoms with van der Waals surface area (Å²) in [5.74, 6) is 0.869. The number of sulfonamides is 1. The number of fused-ring (bicyclic) bond motifs is 1. The number of nitrogens with zero attached hydrogens (tertiary/aromatic N) is 3. The van der Waals surface area contributed by atoms with E-state index in [4.69, 9.17) is 21.6 Å². The highest BCUT2D eigenvalue weighted by molar-refractivity contribution is 7.90. The van der Waals surface area contributed by atoms with E-state index in [2.05, 4.69) is 5.32 Å². The zero-order valence-electron chi connectivity index (χ0n) is 20.6. The molecule has 2 aromatic heterocycles. The van der Waals surface area contributed by atoms with Crippen LogP contribution in [0.25, 0.3) is 16.9 Å². The number of aromatic nitrogens is 3. The highest BCUT2D eigenvalue weighted by Crippen LogP contribution is 2.29. The first-order valence-corrected chi connectivity index (χ1v) is 13.5. The summed E-state index contributed by atoms with van der Waals surface area (Å²) in [6, 6.07) is 13.2. The summed E-state index contributed by atoms with van der Waals surface area (Å²) < 4.78 is 28.8. The zero-order chi connectivity index (χ0) is 26.0. The van der Waals surface area contributed by atoms with Crippen LogP contribution in [0.2, 0.25) is 5.02 Å². The molecule has 36 heavy (non-hydrogen) atoms. The van der Waals surface area contributed by atoms with Crippen molar-refractivity contribution in [3.8, 4) is 5.69 Å². The Bertz CT molecular complexity index is 1550. The average Bonchev–Trinajstić information content (AvgIpc) is 3.18. The van der Waals surface area contributed by atoms with Crippen molar-refractivity contribution in [3.05, 3.63) is 81.8 Å². The fourth-order valence-electron chi connectivity index (χ4n) is 4.04. The van der Waals surface area contributed by atoms with Crippen LogP contribution < -0.4 is 10.0 Å². The van der Waals surface area contributed by atoms with E-state index >= 15 is 0 Å². The quantitative estimate of drug-likeness (QED) is 0.361. The number of aryl methyl sites for hydroxylation is 4. The molecule has 2 heterocycles. The fraction of sp³-hybridized carbons (Fsp3) is 0.269. The van der Waals surface area contributed by atoms with Crippen molar-refractivity contribution in [2.24, 2.45) is 0 Å². The second kappa shape index (κ2) is 10.3. The first-order chi connectivity index (χ1) is 17.1. The van der Waals surface area contributed by atoms with Crippen LogP contribution in [0.3, 0.4) is 0 Å². The SMILES string of the molecule is CCc1nc2c(C)cc(C)nc2n1-c1ccc(CCNC(=O)NS(=O)(=O)c2ccc(C)cc2)cc1Cl. The summed E-state index contributed by atoms with van der Waals surface area (Å²) in [4.78, 5) is 21.7. The molecular weight excluding hydrogens is 498 g/mol. The lowest BCUT2D eigenvalue weighted by Crippen LogP contribution is -2.40. The number of urea groups is 1. The minimum Gasteiger partial charge on any atom is -0.337 e. The van der Waals surface area contributed by atoms with Crippen molar-refractivity contribution < 1.29 is 13.2 Å². The van der Waals surface area contributed by atoms with E-state index < -0.39 is 16.1 Å². The number of pyridine rings is 1. The molecule has 4 aromatic rings. The van der Waals surface area contributed by atoms with E-state index in [-0.39, 0.29) is 11.4 Å². The molecule has 0 fully saturated rings. The van der Waals surface area contributed by atoms with Crippen molar-refractivity contribution >= 4 is 38.8 Å². The third kappa shape index (κ3) is 5.37. The summed E-state index contributed by atoms with van der Waals surface area (Å²) in [7, 11) is -3.94. The van der Waals surface area contributed by atoms with E-state index in [1.54, 1.807) is 12.1 Å². The maximum Gasteiger partial charge on any atom is 0.328 e. The van der Waals surface area contributed by atoms with Gasteiger partial charge in [0.25, 0.3) is 10.0 Å². The lowest BCUT2D eigenvalue weighted by molar-refractivity contribution is 0.246. The molecule has 0 aliphatic carbocycles. The lowest BCUT2D eigenvalue weighted by Gasteiger charge is -2.12. The van der Waals surface area contributed by atoms with E-state index in [0.29, 0.717) is 11.4 Å². The van der Waals surface area contributed by atoms with Gasteiger partial charge in [-0.1, -0.05) is 42.3 Å². The Morgan fingerprint density at radius 2 is 1.75 bits per heavy atom. The Balaban J connectivity index is 1.45. The van der Waals surface area contributed by atoms with Gasteiger partial charge in [-0.25, -0.2) is 27.9 Å². The van der Waals surface area contributed by atoms with Gasteiger partial charge < -0.3 is 5.32 Å². The number of imidazole rings is 1. The van der Waals surface area contributed by atoms with Crippen LogP contribution in [0.15, 0.2) is 53.4 Å². The molecule has 2 amide bonds. The minimum absolute atomic E-state index is 0.0315. The summed E-state index contributed by atoms with van der Waals surface area (Å²) in [5.41, 5.74) is 6.20. The van der Waals surface area contributed by atoms with E-state index in [0.717, 1.165) is 51.5 Å². The van der Waals surface area contributed by atoms with Gasteiger partial charge in [-0.2, -0.15) is 0 Å². The summed E-state index contributed by atoms with van der Waals surface area (Å²) >= 11 is 6.68. The molecule has 8 nitrogen and oxygen atoms in total. The van der Waals surface area contributed by atoms with Crippen LogP contribution in [-0.4, -0.2) is 35.5 Å². The van der Waals surface area contributed by atoms with Gasteiger partial charge in [0.2, 0.25) is 0 Å². The number of rotatable bonds is 7. The summed E-state index contributed by atoms with van der Waals surface area (Å²) in [5, 5.41) is 3.12. The summed E-state index contributed by atoms with van der Waals surface area (Å²) in [6.45, 7) is 8.11. The molecule has 2 N–H and O–H groups in total. The smallest absolute Gasteiger partial charge is 0.328 e. The van der Waals surface area contributed by atoms with Crippen molar-refractivity contribution in [2.75, 3.05) is 6.54 Å². The van der Waals surface area contributed by atoms with Gasteiger partial charge in [-0.3, -0.25) is 4.57 Å². The number of amides is 2. The number of halogens is 1. The number of carbonyl (C=O) groups is 1. The molecule has 0 spiro atoms. The van der Waals surface area contributed by atoms with Crippen molar-refractivity contribution in [1.29, 1.82) is 0 Å². The van der Waals surface area contributed by atoms with Gasteiger partial charge in [-0.05, 0) is 68.7 Å². The Kier molecular flexibility index (Phi) is 7.33. The van der Waals surface area contributed by atoms with E-state index in [1.165, 1.54) is 12.1 Å². The predicted molar refractivity (Wildman–Crippen MR) is 141 cm³/mol. The Morgan fingerprint density at radius 3 is 2.42 bits per heavy atom. The Morgan fingerprint density at radius 1 is 1.03 bits per heavy atom. The van der Waals surface area contributed by atoms with Crippen molar-refractivity contribution in [2.45, 2.75) is 45.4 Å². The van der Waals surface area contributed by atoms with Gasteiger partial charge in [0.05, 0.1) is 15.6 Å². The topological polar surface area (TPSA) is 106 Å². The highest BCUT2D eigenvalue weighted by Gasteiger charge is 2.18.